The molecule has 3 nitrogen and oxygen atoms in total. The van der Waals surface area contributed by atoms with Gasteiger partial charge < -0.3 is 10.1 Å². The number of rotatable bonds is 1. The predicted octanol–water partition coefficient (Wildman–Crippen LogP) is 3.18. The SMILES string of the molecule is O=c1[nH]cc(-c2ccc(F)c(F)c2)c2cc(O)ccc12. The van der Waals surface area contributed by atoms with Crippen LogP contribution in [0, 0.1) is 11.6 Å². The molecule has 0 unspecified atom stereocenters. The summed E-state index contributed by atoms with van der Waals surface area (Å²) in [5.41, 5.74) is 0.608. The highest BCUT2D eigenvalue weighted by Gasteiger charge is 2.10. The van der Waals surface area contributed by atoms with Crippen LogP contribution in [0.4, 0.5) is 8.78 Å². The normalized spacial score (nSPS) is 10.9. The number of nitrogens with one attached hydrogen (secondary N) is 1. The molecule has 100 valence electrons. The maximum atomic E-state index is 13.3. The van der Waals surface area contributed by atoms with Crippen molar-refractivity contribution in [3.63, 3.8) is 0 Å². The molecule has 20 heavy (non-hydrogen) atoms. The van der Waals surface area contributed by atoms with Gasteiger partial charge in [-0.2, -0.15) is 0 Å². The van der Waals surface area contributed by atoms with Gasteiger partial charge in [-0.1, -0.05) is 6.07 Å². The molecule has 2 aromatic carbocycles. The summed E-state index contributed by atoms with van der Waals surface area (Å²) >= 11 is 0. The summed E-state index contributed by atoms with van der Waals surface area (Å²) in [4.78, 5) is 14.3. The number of halogens is 2. The molecule has 2 N–H and O–H groups in total. The number of phenols is 1. The molecule has 0 spiro atoms. The lowest BCUT2D eigenvalue weighted by Crippen LogP contribution is -2.05. The van der Waals surface area contributed by atoms with Crippen molar-refractivity contribution in [3.8, 4) is 16.9 Å². The zero-order chi connectivity index (χ0) is 14.3. The molecule has 3 aromatic rings. The summed E-state index contributed by atoms with van der Waals surface area (Å²) in [5.74, 6) is -1.92. The van der Waals surface area contributed by atoms with E-state index < -0.39 is 11.6 Å². The van der Waals surface area contributed by atoms with Crippen molar-refractivity contribution >= 4 is 10.8 Å². The zero-order valence-corrected chi connectivity index (χ0v) is 10.2. The molecule has 1 aromatic heterocycles. The van der Waals surface area contributed by atoms with Gasteiger partial charge in [0.1, 0.15) is 5.75 Å². The number of pyridine rings is 1. The van der Waals surface area contributed by atoms with Gasteiger partial charge in [-0.15, -0.1) is 0 Å². The molecule has 0 aliphatic rings. The Hall–Kier alpha value is -2.69. The van der Waals surface area contributed by atoms with Crippen molar-refractivity contribution in [1.82, 2.24) is 4.98 Å². The molecule has 0 fully saturated rings. The molecule has 0 amide bonds. The van der Waals surface area contributed by atoms with E-state index in [1.807, 2.05) is 0 Å². The van der Waals surface area contributed by atoms with Gasteiger partial charge in [-0.25, -0.2) is 8.78 Å². The van der Waals surface area contributed by atoms with Crippen LogP contribution in [0.15, 0.2) is 47.4 Å². The lowest BCUT2D eigenvalue weighted by atomic mass is 10.0. The summed E-state index contributed by atoms with van der Waals surface area (Å²) in [6, 6.07) is 7.77. The van der Waals surface area contributed by atoms with Crippen molar-refractivity contribution < 1.29 is 13.9 Å². The number of fused-ring (bicyclic) bond motifs is 1. The molecule has 0 saturated carbocycles. The van der Waals surface area contributed by atoms with Gasteiger partial charge in [0.25, 0.3) is 5.56 Å². The lowest BCUT2D eigenvalue weighted by molar-refractivity contribution is 0.476. The first-order chi connectivity index (χ1) is 9.56. The van der Waals surface area contributed by atoms with E-state index in [-0.39, 0.29) is 11.3 Å². The molecule has 0 saturated heterocycles. The maximum absolute atomic E-state index is 13.3. The van der Waals surface area contributed by atoms with Gasteiger partial charge in [0, 0.05) is 22.5 Å². The van der Waals surface area contributed by atoms with E-state index in [0.717, 1.165) is 12.1 Å². The van der Waals surface area contributed by atoms with Crippen LogP contribution in [0.1, 0.15) is 0 Å². The van der Waals surface area contributed by atoms with Crippen LogP contribution in [0.3, 0.4) is 0 Å². The Labute approximate surface area is 112 Å². The highest BCUT2D eigenvalue weighted by atomic mass is 19.2. The molecule has 0 aliphatic carbocycles. The Morgan fingerprint density at radius 3 is 2.50 bits per heavy atom. The van der Waals surface area contributed by atoms with Gasteiger partial charge in [0.05, 0.1) is 0 Å². The summed E-state index contributed by atoms with van der Waals surface area (Å²) < 4.78 is 26.3. The third kappa shape index (κ3) is 1.93. The summed E-state index contributed by atoms with van der Waals surface area (Å²) in [6.45, 7) is 0. The molecule has 5 heteroatoms. The molecule has 0 atom stereocenters. The van der Waals surface area contributed by atoms with E-state index in [4.69, 9.17) is 0 Å². The quantitative estimate of drug-likeness (QED) is 0.715. The smallest absolute Gasteiger partial charge is 0.255 e. The van der Waals surface area contributed by atoms with Gasteiger partial charge in [-0.3, -0.25) is 4.79 Å². The fourth-order valence-corrected chi connectivity index (χ4v) is 2.15. The first-order valence-corrected chi connectivity index (χ1v) is 5.86. The van der Waals surface area contributed by atoms with E-state index in [1.54, 1.807) is 0 Å². The second-order valence-corrected chi connectivity index (χ2v) is 4.39. The second-order valence-electron chi connectivity index (χ2n) is 4.39. The minimum absolute atomic E-state index is 0.00747. The van der Waals surface area contributed by atoms with E-state index in [1.165, 1.54) is 30.5 Å². The summed E-state index contributed by atoms with van der Waals surface area (Å²) in [5, 5.41) is 10.4. The monoisotopic (exact) mass is 273 g/mol. The molecular formula is C15H9F2NO2. The van der Waals surface area contributed by atoms with Gasteiger partial charge in [0.2, 0.25) is 0 Å². The first kappa shape index (κ1) is 12.3. The zero-order valence-electron chi connectivity index (χ0n) is 10.2. The van der Waals surface area contributed by atoms with Crippen molar-refractivity contribution in [1.29, 1.82) is 0 Å². The number of benzene rings is 2. The van der Waals surface area contributed by atoms with E-state index in [2.05, 4.69) is 4.98 Å². The Morgan fingerprint density at radius 1 is 0.950 bits per heavy atom. The lowest BCUT2D eigenvalue weighted by Gasteiger charge is -2.07. The second kappa shape index (κ2) is 4.45. The number of aromatic nitrogens is 1. The fraction of sp³-hybridized carbons (Fsp3) is 0. The first-order valence-electron chi connectivity index (χ1n) is 5.86. The number of phenolic OH excluding ortho intramolecular Hbond substituents is 1. The molecule has 1 heterocycles. The van der Waals surface area contributed by atoms with Gasteiger partial charge in [-0.05, 0) is 35.9 Å². The number of hydrogen-bond acceptors (Lipinski definition) is 2. The highest BCUT2D eigenvalue weighted by Crippen LogP contribution is 2.29. The van der Waals surface area contributed by atoms with E-state index >= 15 is 0 Å². The van der Waals surface area contributed by atoms with Crippen LogP contribution in [0.5, 0.6) is 5.75 Å². The average Bonchev–Trinajstić information content (AvgIpc) is 2.42. The van der Waals surface area contributed by atoms with Crippen LogP contribution in [-0.4, -0.2) is 10.1 Å². The molecular weight excluding hydrogens is 264 g/mol. The van der Waals surface area contributed by atoms with Crippen molar-refractivity contribution in [3.05, 3.63) is 64.6 Å². The summed E-state index contributed by atoms with van der Waals surface area (Å²) in [6.07, 6.45) is 1.41. The van der Waals surface area contributed by atoms with Gasteiger partial charge in [0.15, 0.2) is 11.6 Å². The molecule has 0 bridgehead atoms. The largest absolute Gasteiger partial charge is 0.508 e. The standard InChI is InChI=1S/C15H9F2NO2/c16-13-4-1-8(5-14(13)17)12-7-18-15(20)10-3-2-9(19)6-11(10)12/h1-7,19H,(H,18,20). The molecule has 3 rings (SSSR count). The fourth-order valence-electron chi connectivity index (χ4n) is 2.15. The van der Waals surface area contributed by atoms with Crippen molar-refractivity contribution in [2.45, 2.75) is 0 Å². The van der Waals surface area contributed by atoms with Gasteiger partial charge >= 0.3 is 0 Å². The minimum Gasteiger partial charge on any atom is -0.508 e. The van der Waals surface area contributed by atoms with Crippen LogP contribution in [0.2, 0.25) is 0 Å². The Morgan fingerprint density at radius 2 is 1.75 bits per heavy atom. The Balaban J connectivity index is 2.36. The van der Waals surface area contributed by atoms with Crippen LogP contribution in [-0.2, 0) is 0 Å². The van der Waals surface area contributed by atoms with Crippen LogP contribution in [0.25, 0.3) is 21.9 Å². The average molecular weight is 273 g/mol. The third-order valence-corrected chi connectivity index (χ3v) is 3.12. The van der Waals surface area contributed by atoms with Crippen molar-refractivity contribution in [2.24, 2.45) is 0 Å². The minimum atomic E-state index is -0.970. The topological polar surface area (TPSA) is 53.1 Å². The number of hydrogen-bond donors (Lipinski definition) is 2. The van der Waals surface area contributed by atoms with Crippen LogP contribution >= 0.6 is 0 Å². The van der Waals surface area contributed by atoms with E-state index in [9.17, 15) is 18.7 Å². The number of H-pyrrole nitrogens is 1. The maximum Gasteiger partial charge on any atom is 0.255 e. The highest BCUT2D eigenvalue weighted by molar-refractivity contribution is 5.96. The molecule has 0 radical (unpaired) electrons. The number of aromatic hydroxyl groups is 1. The number of aromatic amines is 1. The Kier molecular flexibility index (Phi) is 2.75. The van der Waals surface area contributed by atoms with Crippen molar-refractivity contribution in [2.75, 3.05) is 0 Å². The molecule has 0 aliphatic heterocycles. The van der Waals surface area contributed by atoms with Crippen LogP contribution < -0.4 is 5.56 Å². The van der Waals surface area contributed by atoms with E-state index in [0.29, 0.717) is 21.9 Å². The predicted molar refractivity (Wildman–Crippen MR) is 71.6 cm³/mol. The summed E-state index contributed by atoms with van der Waals surface area (Å²) in [7, 11) is 0. The third-order valence-electron chi connectivity index (χ3n) is 3.12. The Bertz CT molecular complexity index is 871.